The van der Waals surface area contributed by atoms with Crippen molar-refractivity contribution >= 4 is 11.6 Å². The molecule has 2 rings (SSSR count). The van der Waals surface area contributed by atoms with Crippen LogP contribution in [0.2, 0.25) is 0 Å². The van der Waals surface area contributed by atoms with E-state index >= 15 is 0 Å². The minimum Gasteiger partial charge on any atom is -0.374 e. The lowest BCUT2D eigenvalue weighted by molar-refractivity contribution is -0.0345. The van der Waals surface area contributed by atoms with E-state index in [1.54, 1.807) is 0 Å². The van der Waals surface area contributed by atoms with Gasteiger partial charge in [0.05, 0.1) is 37.2 Å². The first-order valence-corrected chi connectivity index (χ1v) is 6.26. The first-order valence-electron chi connectivity index (χ1n) is 5.72. The van der Waals surface area contributed by atoms with Gasteiger partial charge in [-0.3, -0.25) is 4.90 Å². The van der Waals surface area contributed by atoms with E-state index < -0.39 is 0 Å². The lowest BCUT2D eigenvalue weighted by atomic mass is 10.2. The third-order valence-corrected chi connectivity index (χ3v) is 3.28. The van der Waals surface area contributed by atoms with E-state index in [-0.39, 0.29) is 6.10 Å². The van der Waals surface area contributed by atoms with Crippen molar-refractivity contribution in [1.82, 2.24) is 14.5 Å². The van der Waals surface area contributed by atoms with E-state index in [2.05, 4.69) is 21.4 Å². The van der Waals surface area contributed by atoms with Crippen molar-refractivity contribution in [1.29, 1.82) is 0 Å². The first kappa shape index (κ1) is 11.9. The fourth-order valence-electron chi connectivity index (χ4n) is 2.02. The van der Waals surface area contributed by atoms with Gasteiger partial charge >= 0.3 is 0 Å². The lowest BCUT2D eigenvalue weighted by Crippen LogP contribution is -2.44. The van der Waals surface area contributed by atoms with E-state index in [1.165, 1.54) is 0 Å². The van der Waals surface area contributed by atoms with Gasteiger partial charge < -0.3 is 9.30 Å². The molecule has 1 fully saturated rings. The normalized spacial score (nSPS) is 22.5. The molecule has 4 nitrogen and oxygen atoms in total. The molecule has 1 aliphatic heterocycles. The molecule has 0 radical (unpaired) electrons. The summed E-state index contributed by atoms with van der Waals surface area (Å²) in [5.41, 5.74) is 1.05. The van der Waals surface area contributed by atoms with Gasteiger partial charge in [-0.25, -0.2) is 4.98 Å². The van der Waals surface area contributed by atoms with E-state index in [4.69, 9.17) is 16.3 Å². The van der Waals surface area contributed by atoms with E-state index in [1.807, 2.05) is 12.5 Å². The lowest BCUT2D eigenvalue weighted by Gasteiger charge is -2.32. The number of alkyl halides is 1. The summed E-state index contributed by atoms with van der Waals surface area (Å²) in [6, 6.07) is 0. The minimum atomic E-state index is 0.255. The molecular formula is C11H18ClN3O. The second-order valence-corrected chi connectivity index (χ2v) is 4.32. The maximum Gasteiger partial charge on any atom is 0.0949 e. The molecule has 16 heavy (non-hydrogen) atoms. The number of hydrogen-bond acceptors (Lipinski definition) is 3. The van der Waals surface area contributed by atoms with Gasteiger partial charge in [-0.05, 0) is 6.54 Å². The maximum absolute atomic E-state index is 5.84. The summed E-state index contributed by atoms with van der Waals surface area (Å²) in [4.78, 5) is 6.52. The summed E-state index contributed by atoms with van der Waals surface area (Å²) in [6.45, 7) is 6.98. The smallest absolute Gasteiger partial charge is 0.0949 e. The van der Waals surface area contributed by atoms with Crippen LogP contribution >= 0.6 is 11.6 Å². The Bertz CT molecular complexity index is 329. The number of halogens is 1. The van der Waals surface area contributed by atoms with Gasteiger partial charge in [0.2, 0.25) is 0 Å². The van der Waals surface area contributed by atoms with Crippen LogP contribution in [0.3, 0.4) is 0 Å². The number of likely N-dealkylation sites (N-methyl/N-ethyl adjacent to an activating group) is 1. The van der Waals surface area contributed by atoms with Crippen LogP contribution in [0.5, 0.6) is 0 Å². The molecule has 1 saturated heterocycles. The topological polar surface area (TPSA) is 30.3 Å². The van der Waals surface area contributed by atoms with Crippen molar-refractivity contribution in [3.63, 3.8) is 0 Å². The molecule has 0 N–H and O–H groups in total. The number of morpholine rings is 1. The summed E-state index contributed by atoms with van der Waals surface area (Å²) in [7, 11) is 0. The summed E-state index contributed by atoms with van der Waals surface area (Å²) in [5, 5.41) is 0. The van der Waals surface area contributed by atoms with Gasteiger partial charge in [0.1, 0.15) is 0 Å². The Morgan fingerprint density at radius 2 is 2.50 bits per heavy atom. The SMILES string of the molecule is CCN1CCOC(Cn2cncc2CCl)C1. The van der Waals surface area contributed by atoms with Crippen LogP contribution in [0.1, 0.15) is 12.6 Å². The minimum absolute atomic E-state index is 0.255. The molecule has 0 amide bonds. The molecule has 1 aliphatic rings. The van der Waals surface area contributed by atoms with E-state index in [9.17, 15) is 0 Å². The van der Waals surface area contributed by atoms with Crippen molar-refractivity contribution < 1.29 is 4.74 Å². The van der Waals surface area contributed by atoms with Crippen LogP contribution in [-0.2, 0) is 17.2 Å². The van der Waals surface area contributed by atoms with Gasteiger partial charge in [-0.1, -0.05) is 6.92 Å². The molecule has 0 saturated carbocycles. The summed E-state index contributed by atoms with van der Waals surface area (Å²) in [5.74, 6) is 0.504. The zero-order valence-electron chi connectivity index (χ0n) is 9.60. The molecule has 2 heterocycles. The molecular weight excluding hydrogens is 226 g/mol. The highest BCUT2D eigenvalue weighted by atomic mass is 35.5. The highest BCUT2D eigenvalue weighted by molar-refractivity contribution is 6.16. The van der Waals surface area contributed by atoms with Crippen molar-refractivity contribution in [2.24, 2.45) is 0 Å². The Hall–Kier alpha value is -0.580. The average molecular weight is 244 g/mol. The Morgan fingerprint density at radius 1 is 1.62 bits per heavy atom. The standard InChI is InChI=1S/C11H18ClN3O/c1-2-14-3-4-16-11(7-14)8-15-9-13-6-10(15)5-12/h6,9,11H,2-5,7-8H2,1H3. The van der Waals surface area contributed by atoms with Crippen LogP contribution in [0.4, 0.5) is 0 Å². The van der Waals surface area contributed by atoms with Crippen molar-refractivity contribution in [3.05, 3.63) is 18.2 Å². The van der Waals surface area contributed by atoms with Crippen LogP contribution in [-0.4, -0.2) is 46.8 Å². The molecule has 0 aromatic carbocycles. The highest BCUT2D eigenvalue weighted by Crippen LogP contribution is 2.10. The number of imidazole rings is 1. The van der Waals surface area contributed by atoms with Crippen LogP contribution in [0.15, 0.2) is 12.5 Å². The number of ether oxygens (including phenoxy) is 1. The highest BCUT2D eigenvalue weighted by Gasteiger charge is 2.20. The van der Waals surface area contributed by atoms with Gasteiger partial charge in [0.25, 0.3) is 0 Å². The van der Waals surface area contributed by atoms with Gasteiger partial charge in [0.15, 0.2) is 0 Å². The molecule has 0 aliphatic carbocycles. The number of aromatic nitrogens is 2. The second-order valence-electron chi connectivity index (χ2n) is 4.06. The Morgan fingerprint density at radius 3 is 3.25 bits per heavy atom. The third-order valence-electron chi connectivity index (χ3n) is 3.01. The predicted octanol–water partition coefficient (Wildman–Crippen LogP) is 1.34. The van der Waals surface area contributed by atoms with Crippen molar-refractivity contribution in [3.8, 4) is 0 Å². The first-order chi connectivity index (χ1) is 7.83. The van der Waals surface area contributed by atoms with Crippen LogP contribution < -0.4 is 0 Å². The predicted molar refractivity (Wildman–Crippen MR) is 63.6 cm³/mol. The Kier molecular flexibility index (Phi) is 4.21. The third kappa shape index (κ3) is 2.75. The zero-order valence-corrected chi connectivity index (χ0v) is 10.4. The summed E-state index contributed by atoms with van der Waals surface area (Å²) in [6.07, 6.45) is 3.89. The molecule has 0 spiro atoms. The molecule has 1 atom stereocenters. The van der Waals surface area contributed by atoms with Crippen molar-refractivity contribution in [2.45, 2.75) is 25.5 Å². The Labute approximate surface area is 101 Å². The molecule has 5 heteroatoms. The van der Waals surface area contributed by atoms with E-state index in [0.29, 0.717) is 5.88 Å². The monoisotopic (exact) mass is 243 g/mol. The molecule has 1 unspecified atom stereocenters. The number of hydrogen-bond donors (Lipinski definition) is 0. The average Bonchev–Trinajstić information content (AvgIpc) is 2.76. The fraction of sp³-hybridized carbons (Fsp3) is 0.727. The molecule has 1 aromatic rings. The number of rotatable bonds is 4. The number of nitrogens with zero attached hydrogens (tertiary/aromatic N) is 3. The molecule has 0 bridgehead atoms. The summed E-state index contributed by atoms with van der Waals surface area (Å²) < 4.78 is 7.83. The molecule has 1 aromatic heterocycles. The van der Waals surface area contributed by atoms with Crippen molar-refractivity contribution in [2.75, 3.05) is 26.2 Å². The largest absolute Gasteiger partial charge is 0.374 e. The zero-order chi connectivity index (χ0) is 11.4. The van der Waals surface area contributed by atoms with Gasteiger partial charge in [-0.2, -0.15) is 0 Å². The second kappa shape index (κ2) is 5.66. The van der Waals surface area contributed by atoms with E-state index in [0.717, 1.165) is 38.5 Å². The molecule has 90 valence electrons. The quantitative estimate of drug-likeness (QED) is 0.748. The van der Waals surface area contributed by atoms with Crippen LogP contribution in [0.25, 0.3) is 0 Å². The fourth-order valence-corrected chi connectivity index (χ4v) is 2.24. The van der Waals surface area contributed by atoms with Gasteiger partial charge in [-0.15, -0.1) is 11.6 Å². The van der Waals surface area contributed by atoms with Crippen LogP contribution in [0, 0.1) is 0 Å². The summed E-state index contributed by atoms with van der Waals surface area (Å²) >= 11 is 5.84. The van der Waals surface area contributed by atoms with Gasteiger partial charge in [0, 0.05) is 19.3 Å². The Balaban J connectivity index is 1.93. The maximum atomic E-state index is 5.84.